The van der Waals surface area contributed by atoms with E-state index in [0.29, 0.717) is 13.0 Å². The smallest absolute Gasteiger partial charge is 0.239 e. The van der Waals surface area contributed by atoms with Gasteiger partial charge in [-0.2, -0.15) is 0 Å². The van der Waals surface area contributed by atoms with E-state index in [2.05, 4.69) is 0 Å². The van der Waals surface area contributed by atoms with E-state index in [-0.39, 0.29) is 24.2 Å². The lowest BCUT2D eigenvalue weighted by Crippen LogP contribution is -2.49. The fraction of sp³-hybridized carbons (Fsp3) is 0.533. The lowest BCUT2D eigenvalue weighted by molar-refractivity contribution is -0.134. The van der Waals surface area contributed by atoms with Crippen molar-refractivity contribution in [1.82, 2.24) is 4.90 Å². The molecule has 0 bridgehead atoms. The fourth-order valence-electron chi connectivity index (χ4n) is 2.62. The highest BCUT2D eigenvalue weighted by molar-refractivity contribution is 5.82. The molecule has 0 saturated carbocycles. The van der Waals surface area contributed by atoms with Crippen molar-refractivity contribution in [1.29, 1.82) is 0 Å². The molecule has 1 aromatic carbocycles. The molecule has 0 aliphatic carbocycles. The number of hydrogen-bond donors (Lipinski definition) is 3. The number of piperidine rings is 1. The number of carbonyl (C=O) groups is 1. The number of aliphatic hydroxyl groups is 1. The number of aliphatic hydroxyl groups excluding tert-OH is 1. The lowest BCUT2D eigenvalue weighted by Gasteiger charge is -2.33. The molecule has 110 valence electrons. The highest BCUT2D eigenvalue weighted by Crippen LogP contribution is 2.17. The van der Waals surface area contributed by atoms with Gasteiger partial charge in [-0.1, -0.05) is 12.1 Å². The molecule has 4 N–H and O–H groups in total. The van der Waals surface area contributed by atoms with E-state index < -0.39 is 6.04 Å². The van der Waals surface area contributed by atoms with E-state index >= 15 is 0 Å². The van der Waals surface area contributed by atoms with Crippen LogP contribution < -0.4 is 5.73 Å². The summed E-state index contributed by atoms with van der Waals surface area (Å²) in [5.74, 6) is 0.320. The average molecular weight is 278 g/mol. The van der Waals surface area contributed by atoms with Gasteiger partial charge in [0.1, 0.15) is 5.75 Å². The van der Waals surface area contributed by atoms with Gasteiger partial charge in [-0.3, -0.25) is 4.79 Å². The molecule has 1 heterocycles. The number of phenolic OH excluding ortho intramolecular Hbond substituents is 1. The van der Waals surface area contributed by atoms with Crippen LogP contribution in [-0.2, 0) is 11.2 Å². The van der Waals surface area contributed by atoms with Crippen molar-refractivity contribution in [2.45, 2.75) is 25.3 Å². The van der Waals surface area contributed by atoms with Gasteiger partial charge in [0.05, 0.1) is 6.04 Å². The second kappa shape index (κ2) is 6.72. The van der Waals surface area contributed by atoms with Crippen LogP contribution in [0.25, 0.3) is 0 Å². The molecule has 0 spiro atoms. The molecule has 2 rings (SSSR count). The molecule has 0 aromatic heterocycles. The number of nitrogens with two attached hydrogens (primary N) is 1. The van der Waals surface area contributed by atoms with Gasteiger partial charge in [0.15, 0.2) is 0 Å². The summed E-state index contributed by atoms with van der Waals surface area (Å²) in [6.07, 6.45) is 2.34. The molecular formula is C15H22N2O3. The molecule has 1 unspecified atom stereocenters. The Morgan fingerprint density at radius 1 is 1.40 bits per heavy atom. The summed E-state index contributed by atoms with van der Waals surface area (Å²) in [5.41, 5.74) is 6.92. The molecule has 20 heavy (non-hydrogen) atoms. The largest absolute Gasteiger partial charge is 0.508 e. The average Bonchev–Trinajstić information content (AvgIpc) is 2.48. The monoisotopic (exact) mass is 278 g/mol. The van der Waals surface area contributed by atoms with Crippen molar-refractivity contribution in [2.75, 3.05) is 19.7 Å². The van der Waals surface area contributed by atoms with Gasteiger partial charge in [-0.05, 0) is 42.9 Å². The Bertz CT molecular complexity index is 447. The maximum absolute atomic E-state index is 12.3. The molecular weight excluding hydrogens is 256 g/mol. The van der Waals surface area contributed by atoms with Crippen LogP contribution in [0.3, 0.4) is 0 Å². The molecule has 2 atom stereocenters. The maximum Gasteiger partial charge on any atom is 0.239 e. The van der Waals surface area contributed by atoms with E-state index in [1.807, 2.05) is 0 Å². The zero-order chi connectivity index (χ0) is 14.5. The maximum atomic E-state index is 12.3. The minimum Gasteiger partial charge on any atom is -0.508 e. The Labute approximate surface area is 119 Å². The third-order valence-electron chi connectivity index (χ3n) is 3.80. The normalized spacial score (nSPS) is 20.7. The molecule has 1 fully saturated rings. The first-order chi connectivity index (χ1) is 9.60. The molecule has 1 saturated heterocycles. The molecule has 1 aromatic rings. The number of nitrogens with zero attached hydrogens (tertiary/aromatic N) is 1. The van der Waals surface area contributed by atoms with Gasteiger partial charge in [-0.25, -0.2) is 0 Å². The van der Waals surface area contributed by atoms with E-state index in [1.165, 1.54) is 0 Å². The Morgan fingerprint density at radius 3 is 2.75 bits per heavy atom. The summed E-state index contributed by atoms with van der Waals surface area (Å²) in [6.45, 7) is 1.44. The number of hydrogen-bond acceptors (Lipinski definition) is 4. The number of benzene rings is 1. The van der Waals surface area contributed by atoms with Gasteiger partial charge in [0, 0.05) is 19.7 Å². The minimum absolute atomic E-state index is 0.0591. The SMILES string of the molecule is N[C@@H](Cc1ccc(O)cc1)C(=O)N1CCCC(CO)C1. The van der Waals surface area contributed by atoms with Gasteiger partial charge in [0.2, 0.25) is 5.91 Å². The van der Waals surface area contributed by atoms with E-state index in [1.54, 1.807) is 29.2 Å². The first-order valence-corrected chi connectivity index (χ1v) is 7.03. The predicted molar refractivity (Wildman–Crippen MR) is 76.2 cm³/mol. The second-order valence-corrected chi connectivity index (χ2v) is 5.45. The third kappa shape index (κ3) is 3.71. The molecule has 1 amide bonds. The molecule has 1 aliphatic heterocycles. The topological polar surface area (TPSA) is 86.8 Å². The number of likely N-dealkylation sites (tertiary alicyclic amines) is 1. The Hall–Kier alpha value is -1.59. The van der Waals surface area contributed by atoms with Crippen molar-refractivity contribution in [3.63, 3.8) is 0 Å². The van der Waals surface area contributed by atoms with Crippen molar-refractivity contribution in [2.24, 2.45) is 11.7 Å². The van der Waals surface area contributed by atoms with Gasteiger partial charge in [0.25, 0.3) is 0 Å². The quantitative estimate of drug-likeness (QED) is 0.748. The second-order valence-electron chi connectivity index (χ2n) is 5.45. The summed E-state index contributed by atoms with van der Waals surface area (Å²) < 4.78 is 0. The van der Waals surface area contributed by atoms with E-state index in [4.69, 9.17) is 5.73 Å². The van der Waals surface area contributed by atoms with Crippen LogP contribution in [0.2, 0.25) is 0 Å². The predicted octanol–water partition coefficient (Wildman–Crippen LogP) is 0.493. The summed E-state index contributed by atoms with van der Waals surface area (Å²) in [6, 6.07) is 6.16. The number of phenols is 1. The molecule has 1 aliphatic rings. The van der Waals surface area contributed by atoms with Crippen LogP contribution in [-0.4, -0.2) is 46.8 Å². The van der Waals surface area contributed by atoms with Crippen LogP contribution >= 0.6 is 0 Å². The standard InChI is InChI=1S/C15H22N2O3/c16-14(8-11-3-5-13(19)6-4-11)15(20)17-7-1-2-12(9-17)10-18/h3-6,12,14,18-19H,1-2,7-10,16H2/t12?,14-/m0/s1. The Balaban J connectivity index is 1.92. The van der Waals surface area contributed by atoms with Crippen LogP contribution in [0.1, 0.15) is 18.4 Å². The Morgan fingerprint density at radius 2 is 2.10 bits per heavy atom. The summed E-state index contributed by atoms with van der Waals surface area (Å²) in [4.78, 5) is 14.1. The van der Waals surface area contributed by atoms with E-state index in [9.17, 15) is 15.0 Å². The Kier molecular flexibility index (Phi) is 4.98. The fourth-order valence-corrected chi connectivity index (χ4v) is 2.62. The highest BCUT2D eigenvalue weighted by Gasteiger charge is 2.26. The summed E-state index contributed by atoms with van der Waals surface area (Å²) >= 11 is 0. The molecule has 5 nitrogen and oxygen atoms in total. The van der Waals surface area contributed by atoms with Crippen LogP contribution in [0.5, 0.6) is 5.75 Å². The number of rotatable bonds is 4. The first kappa shape index (κ1) is 14.8. The summed E-state index contributed by atoms with van der Waals surface area (Å²) in [5, 5.41) is 18.4. The van der Waals surface area contributed by atoms with Crippen LogP contribution in [0.4, 0.5) is 0 Å². The van der Waals surface area contributed by atoms with Crippen LogP contribution in [0, 0.1) is 5.92 Å². The third-order valence-corrected chi connectivity index (χ3v) is 3.80. The highest BCUT2D eigenvalue weighted by atomic mass is 16.3. The lowest BCUT2D eigenvalue weighted by atomic mass is 9.97. The van der Waals surface area contributed by atoms with Crippen molar-refractivity contribution < 1.29 is 15.0 Å². The van der Waals surface area contributed by atoms with Gasteiger partial charge >= 0.3 is 0 Å². The van der Waals surface area contributed by atoms with Gasteiger partial charge < -0.3 is 20.8 Å². The van der Waals surface area contributed by atoms with Crippen molar-refractivity contribution >= 4 is 5.91 Å². The number of carbonyl (C=O) groups excluding carboxylic acids is 1. The van der Waals surface area contributed by atoms with Crippen molar-refractivity contribution in [3.05, 3.63) is 29.8 Å². The van der Waals surface area contributed by atoms with Gasteiger partial charge in [-0.15, -0.1) is 0 Å². The first-order valence-electron chi connectivity index (χ1n) is 7.03. The zero-order valence-electron chi connectivity index (χ0n) is 11.5. The minimum atomic E-state index is -0.572. The van der Waals surface area contributed by atoms with E-state index in [0.717, 1.165) is 24.9 Å². The zero-order valence-corrected chi connectivity index (χ0v) is 11.5. The number of aromatic hydroxyl groups is 1. The summed E-state index contributed by atoms with van der Waals surface area (Å²) in [7, 11) is 0. The number of amides is 1. The van der Waals surface area contributed by atoms with Crippen molar-refractivity contribution in [3.8, 4) is 5.75 Å². The molecule has 5 heteroatoms. The molecule has 0 radical (unpaired) electrons. The van der Waals surface area contributed by atoms with Crippen LogP contribution in [0.15, 0.2) is 24.3 Å².